The van der Waals surface area contributed by atoms with Crippen LogP contribution in [0.25, 0.3) is 5.65 Å². The average Bonchev–Trinajstić information content (AvgIpc) is 3.35. The number of carbonyl (C=O) groups excluding carboxylic acids is 2. The molecule has 3 aliphatic heterocycles. The van der Waals surface area contributed by atoms with Crippen molar-refractivity contribution in [3.63, 3.8) is 0 Å². The fraction of sp³-hybridized carbons (Fsp3) is 0.533. The number of likely N-dealkylation sites (N-methyl/N-ethyl adjacent to an activating group) is 2. The van der Waals surface area contributed by atoms with E-state index in [1.165, 1.54) is 12.1 Å². The van der Waals surface area contributed by atoms with Crippen molar-refractivity contribution >= 4 is 29.1 Å². The lowest BCUT2D eigenvalue weighted by Gasteiger charge is -2.42. The first kappa shape index (κ1) is 27.4. The van der Waals surface area contributed by atoms with E-state index in [4.69, 9.17) is 10.1 Å². The summed E-state index contributed by atoms with van der Waals surface area (Å²) in [5.41, 5.74) is 1.30. The van der Waals surface area contributed by atoms with E-state index in [1.807, 2.05) is 41.4 Å². The number of amides is 2. The minimum absolute atomic E-state index is 0.0446. The molecular weight excluding hydrogens is 523 g/mol. The highest BCUT2D eigenvalue weighted by molar-refractivity contribution is 5.89. The molecule has 3 aromatic rings. The number of aromatic nitrogens is 3. The minimum atomic E-state index is -0.997. The zero-order chi connectivity index (χ0) is 28.7. The second kappa shape index (κ2) is 10.9. The van der Waals surface area contributed by atoms with E-state index in [0.29, 0.717) is 26.2 Å². The Morgan fingerprint density at radius 3 is 2.51 bits per heavy atom. The summed E-state index contributed by atoms with van der Waals surface area (Å²) in [6, 6.07) is 10.1. The predicted octanol–water partition coefficient (Wildman–Crippen LogP) is 2.59. The van der Waals surface area contributed by atoms with Gasteiger partial charge in [-0.1, -0.05) is 12.1 Å². The van der Waals surface area contributed by atoms with Gasteiger partial charge in [0.1, 0.15) is 17.5 Å². The summed E-state index contributed by atoms with van der Waals surface area (Å²) in [6.45, 7) is 5.99. The number of halogens is 1. The highest BCUT2D eigenvalue weighted by atomic mass is 19.1. The van der Waals surface area contributed by atoms with E-state index in [9.17, 15) is 14.0 Å². The molecule has 1 N–H and O–H groups in total. The van der Waals surface area contributed by atoms with E-state index in [-0.39, 0.29) is 30.2 Å². The maximum absolute atomic E-state index is 14.6. The Morgan fingerprint density at radius 1 is 1.00 bits per heavy atom. The van der Waals surface area contributed by atoms with Crippen LogP contribution in [0.15, 0.2) is 36.4 Å². The van der Waals surface area contributed by atoms with Crippen molar-refractivity contribution in [2.24, 2.45) is 0 Å². The van der Waals surface area contributed by atoms with Gasteiger partial charge in [0, 0.05) is 58.4 Å². The van der Waals surface area contributed by atoms with Gasteiger partial charge in [-0.3, -0.25) is 14.5 Å². The van der Waals surface area contributed by atoms with E-state index in [2.05, 4.69) is 21.2 Å². The fourth-order valence-electron chi connectivity index (χ4n) is 6.38. The van der Waals surface area contributed by atoms with Gasteiger partial charge in [-0.2, -0.15) is 9.61 Å². The molecule has 0 radical (unpaired) electrons. The molecule has 2 aromatic heterocycles. The van der Waals surface area contributed by atoms with Crippen LogP contribution in [0.5, 0.6) is 0 Å². The lowest BCUT2D eigenvalue weighted by atomic mass is 9.79. The van der Waals surface area contributed by atoms with Gasteiger partial charge < -0.3 is 20.0 Å². The van der Waals surface area contributed by atoms with Gasteiger partial charge in [0.2, 0.25) is 11.8 Å². The number of anilines is 2. The van der Waals surface area contributed by atoms with Crippen LogP contribution >= 0.6 is 0 Å². The zero-order valence-electron chi connectivity index (χ0n) is 24.1. The normalized spacial score (nSPS) is 24.9. The van der Waals surface area contributed by atoms with Crippen LogP contribution < -0.4 is 15.1 Å². The molecule has 2 amide bonds. The van der Waals surface area contributed by atoms with Crippen molar-refractivity contribution in [1.29, 1.82) is 0 Å². The Morgan fingerprint density at radius 2 is 1.78 bits per heavy atom. The van der Waals surface area contributed by atoms with Gasteiger partial charge in [0.05, 0.1) is 23.7 Å². The smallest absolute Gasteiger partial charge is 0.234 e. The van der Waals surface area contributed by atoms with Crippen LogP contribution in [0.4, 0.5) is 16.0 Å². The molecule has 0 aliphatic carbocycles. The molecule has 1 unspecified atom stereocenters. The molecular formula is C30H39FN8O2. The Balaban J connectivity index is 1.47. The lowest BCUT2D eigenvalue weighted by molar-refractivity contribution is -0.142. The van der Waals surface area contributed by atoms with Gasteiger partial charge in [0.15, 0.2) is 5.65 Å². The highest BCUT2D eigenvalue weighted by Crippen LogP contribution is 2.37. The SMILES string of the molecule is CN1CC(=O)NCCN(C)c2cc(N3CCC3)nc3cc(nn23)[C@@H]2CCCCN2C(=O)C(C)(c2ccc(F)cc2)C1. The molecule has 3 aliphatic rings. The van der Waals surface area contributed by atoms with Crippen molar-refractivity contribution in [2.75, 3.05) is 69.7 Å². The third-order valence-corrected chi connectivity index (χ3v) is 8.81. The average molecular weight is 563 g/mol. The largest absolute Gasteiger partial charge is 0.358 e. The number of hydrogen-bond donors (Lipinski definition) is 1. The molecule has 218 valence electrons. The number of hydrogen-bond acceptors (Lipinski definition) is 7. The number of rotatable bonds is 2. The monoisotopic (exact) mass is 562 g/mol. The predicted molar refractivity (Wildman–Crippen MR) is 156 cm³/mol. The summed E-state index contributed by atoms with van der Waals surface area (Å²) >= 11 is 0. The molecule has 10 nitrogen and oxygen atoms in total. The maximum atomic E-state index is 14.6. The lowest BCUT2D eigenvalue weighted by Crippen LogP contribution is -2.54. The van der Waals surface area contributed by atoms with Crippen LogP contribution in [0, 0.1) is 5.82 Å². The second-order valence-electron chi connectivity index (χ2n) is 11.9. The van der Waals surface area contributed by atoms with Crippen molar-refractivity contribution in [3.8, 4) is 0 Å². The third-order valence-electron chi connectivity index (χ3n) is 8.81. The molecule has 0 spiro atoms. The number of benzene rings is 1. The molecule has 11 heteroatoms. The Bertz CT molecular complexity index is 1440. The third kappa shape index (κ3) is 5.23. The summed E-state index contributed by atoms with van der Waals surface area (Å²) in [5.74, 6) is 1.31. The standard InChI is InChI=1S/C30H39FN8O2/c1-30(21-8-10-22(31)11-9-21)20-35(2)19-27(40)32-12-16-36(3)28-18-25(37-13-6-14-37)33-26-17-23(34-39(26)28)24-7-4-5-15-38(24)29(30)41/h8-11,17-18,24H,4-7,12-16,19-20H2,1-3H3,(H,32,40)/t24-,30?/m0/s1. The number of fused-ring (bicyclic) bond motifs is 3. The summed E-state index contributed by atoms with van der Waals surface area (Å²) in [4.78, 5) is 40.7. The van der Waals surface area contributed by atoms with E-state index in [1.54, 1.807) is 12.1 Å². The highest BCUT2D eigenvalue weighted by Gasteiger charge is 2.43. The summed E-state index contributed by atoms with van der Waals surface area (Å²) in [7, 11) is 3.85. The molecule has 5 heterocycles. The van der Waals surface area contributed by atoms with Crippen LogP contribution in [-0.2, 0) is 15.0 Å². The zero-order valence-corrected chi connectivity index (χ0v) is 24.1. The Hall–Kier alpha value is -3.73. The van der Waals surface area contributed by atoms with Crippen LogP contribution in [0.2, 0.25) is 0 Å². The van der Waals surface area contributed by atoms with Crippen molar-refractivity contribution in [1.82, 2.24) is 29.7 Å². The van der Waals surface area contributed by atoms with Gasteiger partial charge >= 0.3 is 0 Å². The summed E-state index contributed by atoms with van der Waals surface area (Å²) < 4.78 is 15.8. The first-order valence-electron chi connectivity index (χ1n) is 14.6. The Kier molecular flexibility index (Phi) is 7.31. The summed E-state index contributed by atoms with van der Waals surface area (Å²) in [6.07, 6.45) is 3.85. The van der Waals surface area contributed by atoms with Crippen molar-refractivity contribution in [3.05, 3.63) is 53.5 Å². The maximum Gasteiger partial charge on any atom is 0.234 e. The first-order chi connectivity index (χ1) is 19.7. The fourth-order valence-corrected chi connectivity index (χ4v) is 6.38. The van der Waals surface area contributed by atoms with Crippen LogP contribution in [0.3, 0.4) is 0 Å². The minimum Gasteiger partial charge on any atom is -0.358 e. The second-order valence-corrected chi connectivity index (χ2v) is 11.9. The number of carbonyl (C=O) groups is 2. The number of nitrogens with zero attached hydrogens (tertiary/aromatic N) is 7. The Labute approximate surface area is 240 Å². The van der Waals surface area contributed by atoms with Crippen molar-refractivity contribution < 1.29 is 14.0 Å². The molecule has 2 saturated heterocycles. The number of nitrogens with one attached hydrogen (secondary N) is 1. The van der Waals surface area contributed by atoms with Crippen LogP contribution in [0.1, 0.15) is 49.9 Å². The molecule has 41 heavy (non-hydrogen) atoms. The van der Waals surface area contributed by atoms with E-state index in [0.717, 1.165) is 67.3 Å². The number of piperidine rings is 1. The first-order valence-corrected chi connectivity index (χ1v) is 14.6. The van der Waals surface area contributed by atoms with E-state index >= 15 is 0 Å². The molecule has 1 aromatic carbocycles. The van der Waals surface area contributed by atoms with Gasteiger partial charge in [-0.05, 0) is 57.4 Å². The van der Waals surface area contributed by atoms with Gasteiger partial charge in [0.25, 0.3) is 0 Å². The van der Waals surface area contributed by atoms with Gasteiger partial charge in [-0.15, -0.1) is 0 Å². The van der Waals surface area contributed by atoms with Gasteiger partial charge in [-0.25, -0.2) is 9.37 Å². The van der Waals surface area contributed by atoms with Crippen molar-refractivity contribution in [2.45, 2.75) is 44.1 Å². The van der Waals surface area contributed by atoms with E-state index < -0.39 is 5.41 Å². The van der Waals surface area contributed by atoms with Crippen LogP contribution in [-0.4, -0.2) is 96.1 Å². The molecule has 6 rings (SSSR count). The topological polar surface area (TPSA) is 89.3 Å². The molecule has 0 saturated carbocycles. The molecule has 2 bridgehead atoms. The molecule has 2 atom stereocenters. The summed E-state index contributed by atoms with van der Waals surface area (Å²) in [5, 5.41) is 8.08. The molecule has 2 fully saturated rings. The quantitative estimate of drug-likeness (QED) is 0.514.